The molecule has 0 saturated heterocycles. The highest BCUT2D eigenvalue weighted by Gasteiger charge is 2.37. The Kier molecular flexibility index (Phi) is 5.02. The van der Waals surface area contributed by atoms with Gasteiger partial charge in [0, 0.05) is 0 Å². The van der Waals surface area contributed by atoms with E-state index < -0.39 is 10.7 Å². The quantitative estimate of drug-likeness (QED) is 0.658. The number of benzene rings is 3. The molecule has 3 aromatic rings. The average Bonchev–Trinajstić information content (AvgIpc) is 2.65. The molecule has 0 aliphatic heterocycles. The highest BCUT2D eigenvalue weighted by Crippen LogP contribution is 2.48. The molecule has 0 unspecified atom stereocenters. The molecule has 3 aromatic carbocycles. The van der Waals surface area contributed by atoms with E-state index in [2.05, 4.69) is 36.4 Å². The third-order valence-corrected chi connectivity index (χ3v) is 5.48. The van der Waals surface area contributed by atoms with Gasteiger partial charge in [0.05, 0.1) is 10.5 Å². The molecule has 0 radical (unpaired) electrons. The molecule has 0 amide bonds. The van der Waals surface area contributed by atoms with E-state index in [0.717, 1.165) is 16.7 Å². The number of rotatable bonds is 6. The Hall–Kier alpha value is -2.52. The summed E-state index contributed by atoms with van der Waals surface area (Å²) in [5.74, 6) is -0.786. The van der Waals surface area contributed by atoms with Crippen LogP contribution in [-0.2, 0) is 9.54 Å². The number of aliphatic carboxylic acids is 1. The monoisotopic (exact) mass is 334 g/mol. The molecule has 0 atom stereocenters. The van der Waals surface area contributed by atoms with Crippen LogP contribution in [0.25, 0.3) is 0 Å². The predicted molar refractivity (Wildman–Crippen MR) is 99.3 cm³/mol. The SMILES string of the molecule is O=C(O)CSC(c1ccccc1)(c1ccccc1)c1ccccc1. The number of hydrogen-bond donors (Lipinski definition) is 1. The van der Waals surface area contributed by atoms with Crippen molar-refractivity contribution < 1.29 is 9.90 Å². The van der Waals surface area contributed by atoms with E-state index in [9.17, 15) is 9.90 Å². The Balaban J connectivity index is 2.26. The lowest BCUT2D eigenvalue weighted by Crippen LogP contribution is -2.27. The van der Waals surface area contributed by atoms with Crippen LogP contribution in [0.15, 0.2) is 91.0 Å². The smallest absolute Gasteiger partial charge is 0.313 e. The number of carboxylic acids is 1. The molecule has 24 heavy (non-hydrogen) atoms. The zero-order valence-electron chi connectivity index (χ0n) is 13.1. The fraction of sp³-hybridized carbons (Fsp3) is 0.0952. The van der Waals surface area contributed by atoms with Crippen molar-refractivity contribution in [1.82, 2.24) is 0 Å². The molecule has 0 spiro atoms. The van der Waals surface area contributed by atoms with Gasteiger partial charge in [-0.25, -0.2) is 0 Å². The van der Waals surface area contributed by atoms with Gasteiger partial charge in [-0.2, -0.15) is 0 Å². The molecule has 0 fully saturated rings. The van der Waals surface area contributed by atoms with Crippen LogP contribution >= 0.6 is 11.8 Å². The summed E-state index contributed by atoms with van der Waals surface area (Å²) in [7, 11) is 0. The van der Waals surface area contributed by atoms with Crippen molar-refractivity contribution in [1.29, 1.82) is 0 Å². The minimum absolute atomic E-state index is 0.0265. The third-order valence-electron chi connectivity index (χ3n) is 3.95. The number of carboxylic acid groups (broad SMARTS) is 1. The van der Waals surface area contributed by atoms with Gasteiger partial charge in [0.15, 0.2) is 0 Å². The molecule has 0 saturated carbocycles. The number of thioether (sulfide) groups is 1. The lowest BCUT2D eigenvalue weighted by atomic mass is 9.84. The maximum absolute atomic E-state index is 11.3. The van der Waals surface area contributed by atoms with Crippen molar-refractivity contribution in [2.45, 2.75) is 4.75 Å². The van der Waals surface area contributed by atoms with Crippen molar-refractivity contribution in [3.05, 3.63) is 108 Å². The number of hydrogen-bond acceptors (Lipinski definition) is 2. The molecular weight excluding hydrogens is 316 g/mol. The first-order valence-electron chi connectivity index (χ1n) is 7.76. The minimum atomic E-state index is -0.813. The maximum atomic E-state index is 11.3. The lowest BCUT2D eigenvalue weighted by Gasteiger charge is -2.35. The van der Waals surface area contributed by atoms with E-state index in [0.29, 0.717) is 0 Å². The highest BCUT2D eigenvalue weighted by molar-refractivity contribution is 8.01. The Bertz CT molecular complexity index is 689. The topological polar surface area (TPSA) is 37.3 Å². The maximum Gasteiger partial charge on any atom is 0.313 e. The van der Waals surface area contributed by atoms with E-state index in [-0.39, 0.29) is 5.75 Å². The standard InChI is InChI=1S/C21H18O2S/c22-20(23)16-24-21(17-10-4-1-5-11-17,18-12-6-2-7-13-18)19-14-8-3-9-15-19/h1-15H,16H2,(H,22,23). The second-order valence-electron chi connectivity index (χ2n) is 5.46. The van der Waals surface area contributed by atoms with Crippen LogP contribution in [0.4, 0.5) is 0 Å². The van der Waals surface area contributed by atoms with E-state index in [4.69, 9.17) is 0 Å². The zero-order valence-corrected chi connectivity index (χ0v) is 13.9. The fourth-order valence-electron chi connectivity index (χ4n) is 2.94. The van der Waals surface area contributed by atoms with Crippen LogP contribution in [0.3, 0.4) is 0 Å². The Morgan fingerprint density at radius 3 is 1.33 bits per heavy atom. The first-order chi connectivity index (χ1) is 11.7. The average molecular weight is 334 g/mol. The Labute approximate surface area is 146 Å². The molecular formula is C21H18O2S. The largest absolute Gasteiger partial charge is 0.481 e. The van der Waals surface area contributed by atoms with Crippen LogP contribution in [0.5, 0.6) is 0 Å². The Morgan fingerprint density at radius 1 is 0.708 bits per heavy atom. The van der Waals surface area contributed by atoms with Gasteiger partial charge in [-0.1, -0.05) is 91.0 Å². The molecule has 0 aliphatic carbocycles. The van der Waals surface area contributed by atoms with E-state index in [1.165, 1.54) is 11.8 Å². The molecule has 1 N–H and O–H groups in total. The second kappa shape index (κ2) is 7.37. The molecule has 0 aromatic heterocycles. The van der Waals surface area contributed by atoms with Crippen LogP contribution in [-0.4, -0.2) is 16.8 Å². The van der Waals surface area contributed by atoms with Crippen LogP contribution in [0.2, 0.25) is 0 Å². The summed E-state index contributed by atoms with van der Waals surface area (Å²) in [6.07, 6.45) is 0. The summed E-state index contributed by atoms with van der Waals surface area (Å²) < 4.78 is -0.553. The molecule has 3 rings (SSSR count). The first-order valence-corrected chi connectivity index (χ1v) is 8.74. The summed E-state index contributed by atoms with van der Waals surface area (Å²) >= 11 is 1.44. The van der Waals surface area contributed by atoms with Crippen molar-refractivity contribution in [2.24, 2.45) is 0 Å². The van der Waals surface area contributed by atoms with Gasteiger partial charge in [-0.05, 0) is 16.7 Å². The van der Waals surface area contributed by atoms with Crippen LogP contribution in [0, 0.1) is 0 Å². The first kappa shape index (κ1) is 16.3. The summed E-state index contributed by atoms with van der Waals surface area (Å²) in [4.78, 5) is 11.3. The van der Waals surface area contributed by atoms with E-state index in [1.807, 2.05) is 54.6 Å². The lowest BCUT2D eigenvalue weighted by molar-refractivity contribution is -0.133. The van der Waals surface area contributed by atoms with Gasteiger partial charge < -0.3 is 5.11 Å². The van der Waals surface area contributed by atoms with Gasteiger partial charge in [-0.15, -0.1) is 11.8 Å². The van der Waals surface area contributed by atoms with E-state index in [1.54, 1.807) is 0 Å². The molecule has 0 bridgehead atoms. The minimum Gasteiger partial charge on any atom is -0.481 e. The van der Waals surface area contributed by atoms with Crippen LogP contribution in [0.1, 0.15) is 16.7 Å². The van der Waals surface area contributed by atoms with Crippen molar-refractivity contribution >= 4 is 17.7 Å². The van der Waals surface area contributed by atoms with Crippen LogP contribution < -0.4 is 0 Å². The van der Waals surface area contributed by atoms with Crippen molar-refractivity contribution in [2.75, 3.05) is 5.75 Å². The van der Waals surface area contributed by atoms with Gasteiger partial charge in [0.2, 0.25) is 0 Å². The summed E-state index contributed by atoms with van der Waals surface area (Å²) in [6, 6.07) is 30.3. The summed E-state index contributed by atoms with van der Waals surface area (Å²) in [5, 5.41) is 9.30. The van der Waals surface area contributed by atoms with Gasteiger partial charge in [0.1, 0.15) is 0 Å². The molecule has 0 heterocycles. The van der Waals surface area contributed by atoms with Crippen molar-refractivity contribution in [3.63, 3.8) is 0 Å². The van der Waals surface area contributed by atoms with Gasteiger partial charge in [-0.3, -0.25) is 4.79 Å². The van der Waals surface area contributed by atoms with Crippen molar-refractivity contribution in [3.8, 4) is 0 Å². The third kappa shape index (κ3) is 3.22. The van der Waals surface area contributed by atoms with Gasteiger partial charge >= 0.3 is 5.97 Å². The summed E-state index contributed by atoms with van der Waals surface area (Å²) in [6.45, 7) is 0. The second-order valence-corrected chi connectivity index (χ2v) is 6.65. The molecule has 2 nitrogen and oxygen atoms in total. The Morgan fingerprint density at radius 2 is 1.04 bits per heavy atom. The molecule has 0 aliphatic rings. The zero-order chi connectivity index (χ0) is 16.8. The molecule has 3 heteroatoms. The molecule has 120 valence electrons. The normalized spacial score (nSPS) is 11.2. The fourth-order valence-corrected chi connectivity index (χ4v) is 4.19. The predicted octanol–water partition coefficient (Wildman–Crippen LogP) is 4.80. The number of carbonyl (C=O) groups is 1. The summed E-state index contributed by atoms with van der Waals surface area (Å²) in [5.41, 5.74) is 3.23. The van der Waals surface area contributed by atoms with E-state index >= 15 is 0 Å². The van der Waals surface area contributed by atoms with Gasteiger partial charge in [0.25, 0.3) is 0 Å². The highest BCUT2D eigenvalue weighted by atomic mass is 32.2.